The first-order valence-electron chi connectivity index (χ1n) is 8.33. The lowest BCUT2D eigenvalue weighted by molar-refractivity contribution is 0.388. The van der Waals surface area contributed by atoms with Crippen molar-refractivity contribution in [2.24, 2.45) is 5.73 Å². The number of methoxy groups -OCH3 is 1. The van der Waals surface area contributed by atoms with Crippen molar-refractivity contribution in [1.29, 1.82) is 5.26 Å². The number of ether oxygens (including phenoxy) is 2. The molecular weight excluding hydrogens is 344 g/mol. The van der Waals surface area contributed by atoms with E-state index in [4.69, 9.17) is 19.6 Å². The van der Waals surface area contributed by atoms with Crippen LogP contribution in [0.4, 0.5) is 0 Å². The molecule has 4 rings (SSSR count). The smallest absolute Gasteiger partial charge is 0.344 e. The van der Waals surface area contributed by atoms with Gasteiger partial charge in [0.2, 0.25) is 5.88 Å². The zero-order valence-electron chi connectivity index (χ0n) is 14.8. The molecule has 1 aliphatic heterocycles. The fourth-order valence-electron chi connectivity index (χ4n) is 3.48. The van der Waals surface area contributed by atoms with Crippen LogP contribution >= 0.6 is 0 Å². The number of rotatable bonds is 2. The normalized spacial score (nSPS) is 15.8. The Balaban J connectivity index is 2.05. The van der Waals surface area contributed by atoms with Gasteiger partial charge < -0.3 is 19.6 Å². The van der Waals surface area contributed by atoms with Gasteiger partial charge in [0.25, 0.3) is 0 Å². The number of nitrogens with two attached hydrogens (primary N) is 1. The highest BCUT2D eigenvalue weighted by atomic mass is 16.5. The van der Waals surface area contributed by atoms with Crippen LogP contribution in [0, 0.1) is 18.3 Å². The lowest BCUT2D eigenvalue weighted by atomic mass is 9.83. The summed E-state index contributed by atoms with van der Waals surface area (Å²) in [4.78, 5) is 12.8. The van der Waals surface area contributed by atoms with Gasteiger partial charge in [-0.2, -0.15) is 5.26 Å². The monoisotopic (exact) mass is 360 g/mol. The Hall–Kier alpha value is -3.72. The molecule has 0 unspecified atom stereocenters. The number of para-hydroxylation sites is 1. The summed E-state index contributed by atoms with van der Waals surface area (Å²) in [5, 5.41) is 10.3. The first-order chi connectivity index (χ1) is 13.0. The molecule has 0 aliphatic carbocycles. The van der Waals surface area contributed by atoms with Crippen molar-refractivity contribution in [3.05, 3.63) is 81.0 Å². The van der Waals surface area contributed by atoms with Crippen LogP contribution in [0.25, 0.3) is 11.0 Å². The number of allylic oxidation sites excluding steroid dienone is 1. The standard InChI is InChI=1S/C21H16N2O4/c1-11-9-12(7-8-15(11)25-2)17-14(10-22)20(23)27-19-13-5-3-4-6-16(13)26-21(24)18(17)19/h3-9,17H,23H2,1-2H3/t17-/m0/s1. The maximum absolute atomic E-state index is 12.8. The van der Waals surface area contributed by atoms with Crippen molar-refractivity contribution >= 4 is 11.0 Å². The van der Waals surface area contributed by atoms with Gasteiger partial charge in [0.1, 0.15) is 23.0 Å². The summed E-state index contributed by atoms with van der Waals surface area (Å²) in [6, 6.07) is 14.6. The highest BCUT2D eigenvalue weighted by Crippen LogP contribution is 2.43. The topological polar surface area (TPSA) is 98.5 Å². The third-order valence-electron chi connectivity index (χ3n) is 4.73. The Labute approximate surface area is 155 Å². The predicted molar refractivity (Wildman–Crippen MR) is 99.5 cm³/mol. The van der Waals surface area contributed by atoms with E-state index in [0.717, 1.165) is 11.1 Å². The van der Waals surface area contributed by atoms with Crippen LogP contribution in [0.15, 0.2) is 63.1 Å². The Morgan fingerprint density at radius 1 is 1.22 bits per heavy atom. The molecule has 27 heavy (non-hydrogen) atoms. The number of nitriles is 1. The molecule has 0 fully saturated rings. The van der Waals surface area contributed by atoms with E-state index < -0.39 is 11.5 Å². The van der Waals surface area contributed by atoms with E-state index >= 15 is 0 Å². The van der Waals surface area contributed by atoms with Gasteiger partial charge in [-0.15, -0.1) is 0 Å². The summed E-state index contributed by atoms with van der Waals surface area (Å²) in [5.41, 5.74) is 7.95. The minimum Gasteiger partial charge on any atom is -0.496 e. The predicted octanol–water partition coefficient (Wildman–Crippen LogP) is 3.33. The first kappa shape index (κ1) is 16.7. The number of hydrogen-bond donors (Lipinski definition) is 1. The van der Waals surface area contributed by atoms with Gasteiger partial charge in [0.15, 0.2) is 5.75 Å². The van der Waals surface area contributed by atoms with E-state index in [1.165, 1.54) is 0 Å². The van der Waals surface area contributed by atoms with Gasteiger partial charge in [0.05, 0.1) is 24.0 Å². The fourth-order valence-corrected chi connectivity index (χ4v) is 3.48. The molecule has 0 radical (unpaired) electrons. The molecule has 0 bridgehead atoms. The van der Waals surface area contributed by atoms with E-state index in [9.17, 15) is 10.1 Å². The van der Waals surface area contributed by atoms with Crippen molar-refractivity contribution in [2.75, 3.05) is 7.11 Å². The number of nitrogens with zero attached hydrogens (tertiary/aromatic N) is 1. The summed E-state index contributed by atoms with van der Waals surface area (Å²) in [6.45, 7) is 1.89. The van der Waals surface area contributed by atoms with Crippen LogP contribution in [0.1, 0.15) is 22.6 Å². The molecule has 1 aliphatic rings. The van der Waals surface area contributed by atoms with E-state index in [1.807, 2.05) is 25.1 Å². The minimum absolute atomic E-state index is 0.0146. The number of hydrogen-bond acceptors (Lipinski definition) is 6. The van der Waals surface area contributed by atoms with Crippen LogP contribution in [0.5, 0.6) is 11.5 Å². The largest absolute Gasteiger partial charge is 0.496 e. The third kappa shape index (κ3) is 2.52. The molecule has 2 aromatic carbocycles. The minimum atomic E-state index is -0.677. The molecule has 3 aromatic rings. The van der Waals surface area contributed by atoms with E-state index in [-0.39, 0.29) is 17.0 Å². The molecular formula is C21H16N2O4. The van der Waals surface area contributed by atoms with E-state index in [1.54, 1.807) is 31.4 Å². The van der Waals surface area contributed by atoms with Gasteiger partial charge in [0, 0.05) is 0 Å². The average Bonchev–Trinajstić information content (AvgIpc) is 2.67. The highest BCUT2D eigenvalue weighted by Gasteiger charge is 2.35. The van der Waals surface area contributed by atoms with Crippen molar-refractivity contribution in [3.63, 3.8) is 0 Å². The second-order valence-corrected chi connectivity index (χ2v) is 6.28. The van der Waals surface area contributed by atoms with Crippen LogP contribution in [0.3, 0.4) is 0 Å². The lowest BCUT2D eigenvalue weighted by Crippen LogP contribution is -2.26. The number of benzene rings is 2. The van der Waals surface area contributed by atoms with E-state index in [0.29, 0.717) is 22.5 Å². The highest BCUT2D eigenvalue weighted by molar-refractivity contribution is 5.86. The van der Waals surface area contributed by atoms with Crippen LogP contribution < -0.4 is 20.8 Å². The quantitative estimate of drug-likeness (QED) is 0.704. The third-order valence-corrected chi connectivity index (χ3v) is 4.73. The molecule has 6 heteroatoms. The second-order valence-electron chi connectivity index (χ2n) is 6.28. The zero-order valence-corrected chi connectivity index (χ0v) is 14.8. The van der Waals surface area contributed by atoms with Crippen LogP contribution in [-0.2, 0) is 0 Å². The molecule has 1 aromatic heterocycles. The zero-order chi connectivity index (χ0) is 19.1. The first-order valence-corrected chi connectivity index (χ1v) is 8.33. The molecule has 1 atom stereocenters. The van der Waals surface area contributed by atoms with Gasteiger partial charge >= 0.3 is 5.63 Å². The molecule has 0 saturated carbocycles. The number of aryl methyl sites for hydroxylation is 1. The second kappa shape index (κ2) is 6.22. The molecule has 0 saturated heterocycles. The summed E-state index contributed by atoms with van der Waals surface area (Å²) in [6.07, 6.45) is 0. The maximum Gasteiger partial charge on any atom is 0.344 e. The summed E-state index contributed by atoms with van der Waals surface area (Å²) < 4.78 is 16.5. The Morgan fingerprint density at radius 3 is 2.70 bits per heavy atom. The molecule has 0 spiro atoms. The Kier molecular flexibility index (Phi) is 3.85. The van der Waals surface area contributed by atoms with Crippen LogP contribution in [-0.4, -0.2) is 7.11 Å². The summed E-state index contributed by atoms with van der Waals surface area (Å²) in [5.74, 6) is 0.354. The summed E-state index contributed by atoms with van der Waals surface area (Å²) >= 11 is 0. The molecule has 2 heterocycles. The van der Waals surface area contributed by atoms with Gasteiger partial charge in [-0.1, -0.05) is 24.3 Å². The average molecular weight is 360 g/mol. The van der Waals surface area contributed by atoms with Crippen molar-refractivity contribution < 1.29 is 13.9 Å². The maximum atomic E-state index is 12.8. The molecule has 6 nitrogen and oxygen atoms in total. The summed E-state index contributed by atoms with van der Waals surface area (Å²) in [7, 11) is 1.59. The van der Waals surface area contributed by atoms with Gasteiger partial charge in [-0.05, 0) is 36.2 Å². The molecule has 134 valence electrons. The van der Waals surface area contributed by atoms with Crippen molar-refractivity contribution in [3.8, 4) is 17.6 Å². The Bertz CT molecular complexity index is 1200. The SMILES string of the molecule is COc1ccc([C@H]2C(C#N)=C(N)Oc3c2c(=O)oc2ccccc32)cc1C. The number of fused-ring (bicyclic) bond motifs is 3. The van der Waals surface area contributed by atoms with Gasteiger partial charge in [-0.25, -0.2) is 4.79 Å². The lowest BCUT2D eigenvalue weighted by Gasteiger charge is -2.26. The van der Waals surface area contributed by atoms with Gasteiger partial charge in [-0.3, -0.25) is 0 Å². The van der Waals surface area contributed by atoms with Crippen molar-refractivity contribution in [2.45, 2.75) is 12.8 Å². The molecule has 2 N–H and O–H groups in total. The fraction of sp³-hybridized carbons (Fsp3) is 0.143. The Morgan fingerprint density at radius 2 is 2.00 bits per heavy atom. The van der Waals surface area contributed by atoms with Crippen LogP contribution in [0.2, 0.25) is 0 Å². The van der Waals surface area contributed by atoms with E-state index in [2.05, 4.69) is 6.07 Å². The molecule has 0 amide bonds. The van der Waals surface area contributed by atoms with Crippen molar-refractivity contribution in [1.82, 2.24) is 0 Å².